The van der Waals surface area contributed by atoms with Crippen molar-refractivity contribution in [2.45, 2.75) is 45.4 Å². The summed E-state index contributed by atoms with van der Waals surface area (Å²) in [4.78, 5) is 22.0. The van der Waals surface area contributed by atoms with Gasteiger partial charge >= 0.3 is 5.97 Å². The predicted octanol–water partition coefficient (Wildman–Crippen LogP) is 1.38. The zero-order valence-electron chi connectivity index (χ0n) is 11.8. The van der Waals surface area contributed by atoms with Gasteiger partial charge in [0.1, 0.15) is 0 Å². The summed E-state index contributed by atoms with van der Waals surface area (Å²) >= 11 is 0. The highest BCUT2D eigenvalue weighted by molar-refractivity contribution is 5.77. The molecule has 0 heterocycles. The molecule has 0 spiro atoms. The molecular weight excluding hydrogens is 244 g/mol. The molecule has 0 aromatic carbocycles. The third kappa shape index (κ3) is 8.59. The highest BCUT2D eigenvalue weighted by Crippen LogP contribution is 2.27. The molecule has 0 radical (unpaired) electrons. The van der Waals surface area contributed by atoms with Gasteiger partial charge in [-0.25, -0.2) is 0 Å². The molecule has 110 valence electrons. The Morgan fingerprint density at radius 3 is 2.63 bits per heavy atom. The second kappa shape index (κ2) is 8.91. The monoisotopic (exact) mass is 270 g/mol. The highest BCUT2D eigenvalue weighted by Gasteiger charge is 2.20. The first kappa shape index (κ1) is 16.0. The standard InChI is InChI=1S/C14H26N2O3/c1-2-11(5-6-14(18)19)7-8-16-13(17)10-15-9-12-3-4-12/h11-12,15H,2-10H2,1H3,(H,16,17)(H,18,19). The van der Waals surface area contributed by atoms with E-state index in [1.807, 2.05) is 0 Å². The molecule has 1 amide bonds. The smallest absolute Gasteiger partial charge is 0.303 e. The van der Waals surface area contributed by atoms with Gasteiger partial charge in [0.15, 0.2) is 0 Å². The van der Waals surface area contributed by atoms with Gasteiger partial charge in [0.25, 0.3) is 0 Å². The molecule has 0 aromatic rings. The molecule has 0 bridgehead atoms. The zero-order chi connectivity index (χ0) is 14.1. The fourth-order valence-electron chi connectivity index (χ4n) is 2.07. The van der Waals surface area contributed by atoms with Gasteiger partial charge in [-0.15, -0.1) is 0 Å². The number of carbonyl (C=O) groups is 2. The first-order chi connectivity index (χ1) is 9.11. The Hall–Kier alpha value is -1.10. The molecule has 1 aliphatic carbocycles. The van der Waals surface area contributed by atoms with Crippen molar-refractivity contribution in [3.8, 4) is 0 Å². The molecule has 5 nitrogen and oxygen atoms in total. The van der Waals surface area contributed by atoms with Gasteiger partial charge < -0.3 is 15.7 Å². The lowest BCUT2D eigenvalue weighted by Gasteiger charge is -2.14. The van der Waals surface area contributed by atoms with E-state index >= 15 is 0 Å². The van der Waals surface area contributed by atoms with Gasteiger partial charge in [-0.3, -0.25) is 9.59 Å². The quantitative estimate of drug-likeness (QED) is 0.530. The third-order valence-corrected chi connectivity index (χ3v) is 3.63. The van der Waals surface area contributed by atoms with Gasteiger partial charge in [-0.2, -0.15) is 0 Å². The Kier molecular flexibility index (Phi) is 7.48. The van der Waals surface area contributed by atoms with Crippen molar-refractivity contribution in [3.63, 3.8) is 0 Å². The van der Waals surface area contributed by atoms with E-state index in [-0.39, 0.29) is 12.3 Å². The SMILES string of the molecule is CCC(CCNC(=O)CNCC1CC1)CCC(=O)O. The van der Waals surface area contributed by atoms with Gasteiger partial charge in [0.05, 0.1) is 6.54 Å². The number of rotatable bonds is 11. The molecule has 0 aromatic heterocycles. The van der Waals surface area contributed by atoms with Gasteiger partial charge in [-0.05, 0) is 44.1 Å². The van der Waals surface area contributed by atoms with Crippen molar-refractivity contribution in [1.29, 1.82) is 0 Å². The van der Waals surface area contributed by atoms with Crippen molar-refractivity contribution in [2.24, 2.45) is 11.8 Å². The Morgan fingerprint density at radius 2 is 2.05 bits per heavy atom. The largest absolute Gasteiger partial charge is 0.481 e. The van der Waals surface area contributed by atoms with Gasteiger partial charge in [0.2, 0.25) is 5.91 Å². The van der Waals surface area contributed by atoms with Crippen molar-refractivity contribution in [1.82, 2.24) is 10.6 Å². The summed E-state index contributed by atoms with van der Waals surface area (Å²) in [6.07, 6.45) is 5.31. The van der Waals surface area contributed by atoms with E-state index in [1.165, 1.54) is 12.8 Å². The number of hydrogen-bond acceptors (Lipinski definition) is 3. The molecule has 1 fully saturated rings. The minimum Gasteiger partial charge on any atom is -0.481 e. The minimum absolute atomic E-state index is 0.0359. The van der Waals surface area contributed by atoms with Crippen LogP contribution in [-0.4, -0.2) is 36.6 Å². The van der Waals surface area contributed by atoms with E-state index in [0.717, 1.165) is 25.3 Å². The Morgan fingerprint density at radius 1 is 1.32 bits per heavy atom. The number of hydrogen-bond donors (Lipinski definition) is 3. The molecule has 0 saturated heterocycles. The van der Waals surface area contributed by atoms with Crippen LogP contribution in [-0.2, 0) is 9.59 Å². The van der Waals surface area contributed by atoms with E-state index in [2.05, 4.69) is 17.6 Å². The Balaban J connectivity index is 1.99. The lowest BCUT2D eigenvalue weighted by atomic mass is 9.97. The van der Waals surface area contributed by atoms with E-state index in [1.54, 1.807) is 0 Å². The maximum atomic E-state index is 11.5. The molecule has 1 aliphatic rings. The van der Waals surface area contributed by atoms with Crippen LogP contribution in [0.15, 0.2) is 0 Å². The normalized spacial score (nSPS) is 16.1. The molecule has 1 unspecified atom stereocenters. The van der Waals surface area contributed by atoms with E-state index in [0.29, 0.717) is 25.4 Å². The molecular formula is C14H26N2O3. The summed E-state index contributed by atoms with van der Waals surface area (Å²) in [7, 11) is 0. The maximum Gasteiger partial charge on any atom is 0.303 e. The van der Waals surface area contributed by atoms with Crippen LogP contribution in [0.2, 0.25) is 0 Å². The molecule has 1 atom stereocenters. The van der Waals surface area contributed by atoms with Crippen LogP contribution in [0, 0.1) is 11.8 Å². The average molecular weight is 270 g/mol. The fraction of sp³-hybridized carbons (Fsp3) is 0.857. The third-order valence-electron chi connectivity index (χ3n) is 3.63. The van der Waals surface area contributed by atoms with Crippen molar-refractivity contribution in [3.05, 3.63) is 0 Å². The lowest BCUT2D eigenvalue weighted by Crippen LogP contribution is -2.35. The van der Waals surface area contributed by atoms with E-state index < -0.39 is 5.97 Å². The summed E-state index contributed by atoms with van der Waals surface area (Å²) in [6.45, 7) is 4.04. The first-order valence-electron chi connectivity index (χ1n) is 7.31. The summed E-state index contributed by atoms with van der Waals surface area (Å²) in [5, 5.41) is 14.7. The van der Waals surface area contributed by atoms with E-state index in [4.69, 9.17) is 5.11 Å². The van der Waals surface area contributed by atoms with E-state index in [9.17, 15) is 9.59 Å². The van der Waals surface area contributed by atoms with Crippen molar-refractivity contribution in [2.75, 3.05) is 19.6 Å². The topological polar surface area (TPSA) is 78.4 Å². The summed E-state index contributed by atoms with van der Waals surface area (Å²) in [5.74, 6) is 0.463. The fourth-order valence-corrected chi connectivity index (χ4v) is 2.07. The van der Waals surface area contributed by atoms with Crippen LogP contribution >= 0.6 is 0 Å². The molecule has 1 saturated carbocycles. The first-order valence-corrected chi connectivity index (χ1v) is 7.31. The maximum absolute atomic E-state index is 11.5. The van der Waals surface area contributed by atoms with Crippen LogP contribution in [0.3, 0.4) is 0 Å². The minimum atomic E-state index is -0.744. The second-order valence-corrected chi connectivity index (χ2v) is 5.42. The number of carbonyl (C=O) groups excluding carboxylic acids is 1. The summed E-state index contributed by atoms with van der Waals surface area (Å²) in [5.41, 5.74) is 0. The molecule has 19 heavy (non-hydrogen) atoms. The summed E-state index contributed by atoms with van der Waals surface area (Å²) in [6, 6.07) is 0. The molecule has 0 aliphatic heterocycles. The molecule has 3 N–H and O–H groups in total. The second-order valence-electron chi connectivity index (χ2n) is 5.42. The van der Waals surface area contributed by atoms with Crippen LogP contribution < -0.4 is 10.6 Å². The molecule has 1 rings (SSSR count). The van der Waals surface area contributed by atoms with Crippen molar-refractivity contribution < 1.29 is 14.7 Å². The van der Waals surface area contributed by atoms with Crippen LogP contribution in [0.1, 0.15) is 45.4 Å². The Bertz CT molecular complexity index is 290. The Labute approximate surface area is 115 Å². The number of aliphatic carboxylic acids is 1. The number of nitrogens with one attached hydrogen (secondary N) is 2. The molecule has 5 heteroatoms. The van der Waals surface area contributed by atoms with Gasteiger partial charge in [0, 0.05) is 13.0 Å². The average Bonchev–Trinajstić information content (AvgIpc) is 3.17. The highest BCUT2D eigenvalue weighted by atomic mass is 16.4. The zero-order valence-corrected chi connectivity index (χ0v) is 11.8. The van der Waals surface area contributed by atoms with Gasteiger partial charge in [-0.1, -0.05) is 13.3 Å². The number of carboxylic acid groups (broad SMARTS) is 1. The number of amides is 1. The summed E-state index contributed by atoms with van der Waals surface area (Å²) < 4.78 is 0. The van der Waals surface area contributed by atoms with Crippen LogP contribution in [0.4, 0.5) is 0 Å². The predicted molar refractivity (Wildman–Crippen MR) is 73.9 cm³/mol. The van der Waals surface area contributed by atoms with Crippen LogP contribution in [0.5, 0.6) is 0 Å². The number of carboxylic acids is 1. The lowest BCUT2D eigenvalue weighted by molar-refractivity contribution is -0.137. The van der Waals surface area contributed by atoms with Crippen molar-refractivity contribution >= 4 is 11.9 Å². The van der Waals surface area contributed by atoms with Crippen LogP contribution in [0.25, 0.3) is 0 Å².